The summed E-state index contributed by atoms with van der Waals surface area (Å²) in [7, 11) is 0. The Labute approximate surface area is 88.7 Å². The monoisotopic (exact) mass is 208 g/mol. The van der Waals surface area contributed by atoms with Gasteiger partial charge in [-0.05, 0) is 12.0 Å². The third-order valence-corrected chi connectivity index (χ3v) is 2.63. The molecule has 0 radical (unpaired) electrons. The van der Waals surface area contributed by atoms with Crippen molar-refractivity contribution >= 4 is 0 Å². The molecule has 2 heterocycles. The van der Waals surface area contributed by atoms with Crippen molar-refractivity contribution in [3.05, 3.63) is 28.2 Å². The molecule has 1 unspecified atom stereocenters. The Bertz CT molecular complexity index is 398. The molecule has 1 atom stereocenters. The van der Waals surface area contributed by atoms with Crippen molar-refractivity contribution in [1.82, 2.24) is 10.3 Å². The fraction of sp³-hybridized carbons (Fsp3) is 0.545. The van der Waals surface area contributed by atoms with Gasteiger partial charge in [0.2, 0.25) is 5.56 Å². The molecule has 1 aliphatic rings. The van der Waals surface area contributed by atoms with E-state index >= 15 is 0 Å². The van der Waals surface area contributed by atoms with Gasteiger partial charge in [0, 0.05) is 19.2 Å². The smallest absolute Gasteiger partial charge is 0.248 e. The number of pyridine rings is 1. The Balaban J connectivity index is 2.30. The second-order valence-corrected chi connectivity index (χ2v) is 4.20. The summed E-state index contributed by atoms with van der Waals surface area (Å²) < 4.78 is 5.84. The largest absolute Gasteiger partial charge is 0.487 e. The Morgan fingerprint density at radius 1 is 1.47 bits per heavy atom. The first-order valence-electron chi connectivity index (χ1n) is 5.26. The van der Waals surface area contributed by atoms with Crippen LogP contribution in [-0.4, -0.2) is 17.6 Å². The maximum absolute atomic E-state index is 11.1. The zero-order chi connectivity index (χ0) is 10.8. The van der Waals surface area contributed by atoms with Crippen LogP contribution >= 0.6 is 0 Å². The van der Waals surface area contributed by atoms with Gasteiger partial charge in [-0.3, -0.25) is 4.79 Å². The summed E-state index contributed by atoms with van der Waals surface area (Å²) in [5.41, 5.74) is 0.757. The average molecular weight is 208 g/mol. The molecule has 15 heavy (non-hydrogen) atoms. The minimum absolute atomic E-state index is 0.0813. The molecule has 0 fully saturated rings. The van der Waals surface area contributed by atoms with Crippen LogP contribution in [0.3, 0.4) is 0 Å². The maximum Gasteiger partial charge on any atom is 0.248 e. The quantitative estimate of drug-likeness (QED) is 0.720. The number of hydrogen-bond donors (Lipinski definition) is 2. The Morgan fingerprint density at radius 3 is 3.00 bits per heavy atom. The Kier molecular flexibility index (Phi) is 2.77. The number of hydrogen-bond acceptors (Lipinski definition) is 3. The SMILES string of the molecule is CC(C)C1CNCc2[nH]c(=O)ccc2O1. The van der Waals surface area contributed by atoms with E-state index in [4.69, 9.17) is 4.74 Å². The number of nitrogens with one attached hydrogen (secondary N) is 2. The number of H-pyrrole nitrogens is 1. The number of aromatic nitrogens is 1. The van der Waals surface area contributed by atoms with Crippen molar-refractivity contribution in [2.75, 3.05) is 6.54 Å². The summed E-state index contributed by atoms with van der Waals surface area (Å²) in [6.45, 7) is 5.73. The van der Waals surface area contributed by atoms with Crippen molar-refractivity contribution in [2.24, 2.45) is 5.92 Å². The van der Waals surface area contributed by atoms with Crippen LogP contribution in [0.1, 0.15) is 19.5 Å². The normalized spacial score (nSPS) is 20.6. The second kappa shape index (κ2) is 4.06. The van der Waals surface area contributed by atoms with Crippen LogP contribution in [0.2, 0.25) is 0 Å². The predicted molar refractivity (Wildman–Crippen MR) is 58.0 cm³/mol. The number of aromatic amines is 1. The van der Waals surface area contributed by atoms with Gasteiger partial charge in [-0.25, -0.2) is 0 Å². The van der Waals surface area contributed by atoms with Gasteiger partial charge in [-0.2, -0.15) is 0 Å². The van der Waals surface area contributed by atoms with E-state index in [9.17, 15) is 4.79 Å². The van der Waals surface area contributed by atoms with Gasteiger partial charge in [-0.15, -0.1) is 0 Å². The van der Waals surface area contributed by atoms with Crippen LogP contribution in [0.15, 0.2) is 16.9 Å². The molecule has 2 rings (SSSR count). The van der Waals surface area contributed by atoms with E-state index in [1.807, 2.05) is 0 Å². The lowest BCUT2D eigenvalue weighted by molar-refractivity contribution is 0.155. The zero-order valence-electron chi connectivity index (χ0n) is 9.04. The Morgan fingerprint density at radius 2 is 2.27 bits per heavy atom. The summed E-state index contributed by atoms with van der Waals surface area (Å²) in [4.78, 5) is 13.9. The molecule has 0 aromatic carbocycles. The van der Waals surface area contributed by atoms with E-state index in [0.29, 0.717) is 12.5 Å². The molecule has 82 valence electrons. The van der Waals surface area contributed by atoms with Crippen LogP contribution in [-0.2, 0) is 6.54 Å². The highest BCUT2D eigenvalue weighted by atomic mass is 16.5. The topological polar surface area (TPSA) is 54.1 Å². The summed E-state index contributed by atoms with van der Waals surface area (Å²) in [5.74, 6) is 1.24. The van der Waals surface area contributed by atoms with Crippen LogP contribution in [0, 0.1) is 5.92 Å². The lowest BCUT2D eigenvalue weighted by Crippen LogP contribution is -2.32. The molecule has 0 aliphatic carbocycles. The molecule has 4 heteroatoms. The van der Waals surface area contributed by atoms with Gasteiger partial charge < -0.3 is 15.0 Å². The Hall–Kier alpha value is -1.29. The van der Waals surface area contributed by atoms with Crippen molar-refractivity contribution in [3.8, 4) is 5.75 Å². The maximum atomic E-state index is 11.1. The fourth-order valence-corrected chi connectivity index (χ4v) is 1.66. The molecule has 0 saturated carbocycles. The third kappa shape index (κ3) is 2.21. The molecular formula is C11H16N2O2. The van der Waals surface area contributed by atoms with E-state index in [1.54, 1.807) is 6.07 Å². The fourth-order valence-electron chi connectivity index (χ4n) is 1.66. The minimum atomic E-state index is -0.0813. The molecule has 0 saturated heterocycles. The number of rotatable bonds is 1. The zero-order valence-corrected chi connectivity index (χ0v) is 9.04. The molecule has 0 amide bonds. The van der Waals surface area contributed by atoms with Crippen molar-refractivity contribution in [3.63, 3.8) is 0 Å². The molecule has 1 aromatic heterocycles. The van der Waals surface area contributed by atoms with Crippen molar-refractivity contribution < 1.29 is 4.74 Å². The van der Waals surface area contributed by atoms with Crippen LogP contribution in [0.5, 0.6) is 5.75 Å². The van der Waals surface area contributed by atoms with Gasteiger partial charge in [0.05, 0.1) is 5.69 Å². The van der Waals surface area contributed by atoms with Gasteiger partial charge in [0.1, 0.15) is 11.9 Å². The van der Waals surface area contributed by atoms with Gasteiger partial charge in [0.25, 0.3) is 0 Å². The van der Waals surface area contributed by atoms with Crippen molar-refractivity contribution in [2.45, 2.75) is 26.5 Å². The highest BCUT2D eigenvalue weighted by molar-refractivity contribution is 5.27. The molecule has 0 bridgehead atoms. The van der Waals surface area contributed by atoms with E-state index < -0.39 is 0 Å². The van der Waals surface area contributed by atoms with Gasteiger partial charge >= 0.3 is 0 Å². The number of fused-ring (bicyclic) bond motifs is 1. The highest BCUT2D eigenvalue weighted by Crippen LogP contribution is 2.20. The van der Waals surface area contributed by atoms with Gasteiger partial charge in [0.15, 0.2) is 0 Å². The van der Waals surface area contributed by atoms with Gasteiger partial charge in [-0.1, -0.05) is 13.8 Å². The molecule has 1 aliphatic heterocycles. The van der Waals surface area contributed by atoms with Crippen molar-refractivity contribution in [1.29, 1.82) is 0 Å². The second-order valence-electron chi connectivity index (χ2n) is 4.20. The van der Waals surface area contributed by atoms with Crippen LogP contribution < -0.4 is 15.6 Å². The lowest BCUT2D eigenvalue weighted by atomic mass is 10.1. The molecule has 1 aromatic rings. The molecular weight excluding hydrogens is 192 g/mol. The summed E-state index contributed by atoms with van der Waals surface area (Å²) in [6.07, 6.45) is 0.164. The summed E-state index contributed by atoms with van der Waals surface area (Å²) >= 11 is 0. The molecule has 4 nitrogen and oxygen atoms in total. The van der Waals surface area contributed by atoms with E-state index in [-0.39, 0.29) is 11.7 Å². The standard InChI is InChI=1S/C11H16N2O2/c1-7(2)10-6-12-5-8-9(15-10)3-4-11(14)13-8/h3-4,7,10,12H,5-6H2,1-2H3,(H,13,14). The highest BCUT2D eigenvalue weighted by Gasteiger charge is 2.20. The number of ether oxygens (including phenoxy) is 1. The average Bonchev–Trinajstić information content (AvgIpc) is 2.39. The van der Waals surface area contributed by atoms with Crippen LogP contribution in [0.4, 0.5) is 0 Å². The summed E-state index contributed by atoms with van der Waals surface area (Å²) in [5, 5.41) is 3.27. The molecule has 0 spiro atoms. The first kappa shape index (κ1) is 10.2. The predicted octanol–water partition coefficient (Wildman–Crippen LogP) is 0.882. The minimum Gasteiger partial charge on any atom is -0.487 e. The van der Waals surface area contributed by atoms with Crippen LogP contribution in [0.25, 0.3) is 0 Å². The summed E-state index contributed by atoms with van der Waals surface area (Å²) in [6, 6.07) is 3.25. The lowest BCUT2D eigenvalue weighted by Gasteiger charge is -2.20. The van der Waals surface area contributed by atoms with E-state index in [1.165, 1.54) is 6.07 Å². The first-order valence-corrected chi connectivity index (χ1v) is 5.26. The first-order chi connectivity index (χ1) is 7.16. The third-order valence-electron chi connectivity index (χ3n) is 2.63. The molecule has 2 N–H and O–H groups in total. The van der Waals surface area contributed by atoms with E-state index in [2.05, 4.69) is 24.1 Å². The van der Waals surface area contributed by atoms with E-state index in [0.717, 1.165) is 18.0 Å².